The maximum atomic E-state index is 13.1. The summed E-state index contributed by atoms with van der Waals surface area (Å²) in [5, 5.41) is 6.07. The van der Waals surface area contributed by atoms with Gasteiger partial charge in [0.2, 0.25) is 0 Å². The molecule has 3 rings (SSSR count). The van der Waals surface area contributed by atoms with Crippen LogP contribution < -0.4 is 5.32 Å². The van der Waals surface area contributed by atoms with Crippen molar-refractivity contribution >= 4 is 35.7 Å². The van der Waals surface area contributed by atoms with E-state index >= 15 is 0 Å². The Kier molecular flexibility index (Phi) is 5.45. The van der Waals surface area contributed by atoms with Crippen LogP contribution >= 0.6 is 19.2 Å². The highest BCUT2D eigenvalue weighted by molar-refractivity contribution is 7.54. The summed E-state index contributed by atoms with van der Waals surface area (Å²) in [7, 11) is -0.652. The van der Waals surface area contributed by atoms with Crippen molar-refractivity contribution in [1.82, 2.24) is 0 Å². The monoisotopic (exact) mass is 375 g/mol. The van der Waals surface area contributed by atoms with Gasteiger partial charge in [0.05, 0.1) is 0 Å². The van der Waals surface area contributed by atoms with Crippen LogP contribution in [0.1, 0.15) is 11.3 Å². The predicted octanol–water partition coefficient (Wildman–Crippen LogP) is 6.09. The van der Waals surface area contributed by atoms with E-state index in [4.69, 9.17) is 20.6 Å². The summed E-state index contributed by atoms with van der Waals surface area (Å²) in [6.45, 7) is 0. The van der Waals surface area contributed by atoms with Gasteiger partial charge < -0.3 is 14.4 Å². The first-order valence-corrected chi connectivity index (χ1v) is 9.77. The molecule has 0 aliphatic carbocycles. The highest BCUT2D eigenvalue weighted by atomic mass is 35.5. The van der Waals surface area contributed by atoms with E-state index in [1.54, 1.807) is 12.1 Å². The molecule has 0 saturated carbocycles. The van der Waals surface area contributed by atoms with Gasteiger partial charge in [-0.1, -0.05) is 60.1 Å². The fraction of sp³-hybridized carbons (Fsp3) is 0.158. The van der Waals surface area contributed by atoms with Crippen LogP contribution in [0.4, 0.5) is 5.69 Å². The number of hydrogen-bond donors (Lipinski definition) is 1. The van der Waals surface area contributed by atoms with Crippen LogP contribution in [0.25, 0.3) is 10.8 Å². The van der Waals surface area contributed by atoms with Crippen LogP contribution in [-0.2, 0) is 13.6 Å². The molecule has 0 heterocycles. The van der Waals surface area contributed by atoms with Crippen molar-refractivity contribution in [2.24, 2.45) is 0 Å². The average Bonchev–Trinajstić information content (AvgIpc) is 2.66. The van der Waals surface area contributed by atoms with Crippen LogP contribution in [-0.4, -0.2) is 14.2 Å². The molecule has 0 aliphatic rings. The van der Waals surface area contributed by atoms with Crippen molar-refractivity contribution in [3.05, 3.63) is 77.3 Å². The second-order valence-corrected chi connectivity index (χ2v) is 8.29. The van der Waals surface area contributed by atoms with Gasteiger partial charge in [-0.3, -0.25) is 4.57 Å². The summed E-state index contributed by atoms with van der Waals surface area (Å²) in [6, 6.07) is 21.1. The van der Waals surface area contributed by atoms with E-state index in [2.05, 4.69) is 5.32 Å². The molecule has 0 unspecified atom stereocenters. The Morgan fingerprint density at radius 1 is 0.920 bits per heavy atom. The zero-order valence-electron chi connectivity index (χ0n) is 14.0. The molecule has 1 atom stereocenters. The first kappa shape index (κ1) is 18.0. The minimum absolute atomic E-state index is 0.609. The molecule has 0 bridgehead atoms. The number of anilines is 1. The summed E-state index contributed by atoms with van der Waals surface area (Å²) in [5.74, 6) is -0.662. The fourth-order valence-electron chi connectivity index (χ4n) is 2.77. The Bertz CT molecular complexity index is 901. The number of nitrogens with one attached hydrogen (secondary N) is 1. The molecule has 6 heteroatoms. The maximum Gasteiger partial charge on any atom is 0.356 e. The summed E-state index contributed by atoms with van der Waals surface area (Å²) < 4.78 is 23.6. The molecule has 0 spiro atoms. The number of rotatable bonds is 6. The predicted molar refractivity (Wildman–Crippen MR) is 103 cm³/mol. The Morgan fingerprint density at radius 2 is 1.56 bits per heavy atom. The van der Waals surface area contributed by atoms with E-state index < -0.39 is 13.4 Å². The van der Waals surface area contributed by atoms with Crippen molar-refractivity contribution in [3.8, 4) is 0 Å². The molecule has 25 heavy (non-hydrogen) atoms. The lowest BCUT2D eigenvalue weighted by atomic mass is 10.1. The molecule has 0 amide bonds. The van der Waals surface area contributed by atoms with Crippen LogP contribution in [0, 0.1) is 0 Å². The third kappa shape index (κ3) is 3.73. The van der Waals surface area contributed by atoms with Gasteiger partial charge in [-0.15, -0.1) is 0 Å². The average molecular weight is 376 g/mol. The maximum absolute atomic E-state index is 13.1. The largest absolute Gasteiger partial charge is 0.367 e. The topological polar surface area (TPSA) is 47.6 Å². The SMILES string of the molecule is COP(=O)(OC)[C@@H](Nc1cccc2ccccc12)c1ccc(Cl)cc1. The lowest BCUT2D eigenvalue weighted by molar-refractivity contribution is 0.268. The van der Waals surface area contributed by atoms with E-state index in [0.717, 1.165) is 22.0 Å². The zero-order valence-corrected chi connectivity index (χ0v) is 15.6. The smallest absolute Gasteiger partial charge is 0.356 e. The summed E-state index contributed by atoms with van der Waals surface area (Å²) >= 11 is 5.98. The number of halogens is 1. The van der Waals surface area contributed by atoms with Crippen molar-refractivity contribution in [3.63, 3.8) is 0 Å². The second-order valence-electron chi connectivity index (χ2n) is 5.53. The van der Waals surface area contributed by atoms with E-state index in [1.807, 2.05) is 54.6 Å². The molecule has 0 radical (unpaired) electrons. The van der Waals surface area contributed by atoms with Gasteiger partial charge in [-0.25, -0.2) is 0 Å². The van der Waals surface area contributed by atoms with Gasteiger partial charge in [0.25, 0.3) is 0 Å². The lowest BCUT2D eigenvalue weighted by Crippen LogP contribution is -2.13. The van der Waals surface area contributed by atoms with Crippen molar-refractivity contribution in [2.75, 3.05) is 19.5 Å². The highest BCUT2D eigenvalue weighted by Crippen LogP contribution is 2.60. The molecule has 0 saturated heterocycles. The van der Waals surface area contributed by atoms with Gasteiger partial charge in [-0.05, 0) is 29.1 Å². The summed E-state index contributed by atoms with van der Waals surface area (Å²) in [6.07, 6.45) is 0. The summed E-state index contributed by atoms with van der Waals surface area (Å²) in [5.41, 5.74) is 1.62. The highest BCUT2D eigenvalue weighted by Gasteiger charge is 2.35. The van der Waals surface area contributed by atoms with Crippen molar-refractivity contribution in [2.45, 2.75) is 5.78 Å². The molecule has 4 nitrogen and oxygen atoms in total. The lowest BCUT2D eigenvalue weighted by Gasteiger charge is -2.27. The zero-order chi connectivity index (χ0) is 17.9. The molecule has 130 valence electrons. The molecule has 3 aromatic carbocycles. The first-order chi connectivity index (χ1) is 12.1. The minimum atomic E-state index is -3.43. The minimum Gasteiger partial charge on any atom is -0.367 e. The van der Waals surface area contributed by atoms with Gasteiger partial charge in [0.1, 0.15) is 0 Å². The van der Waals surface area contributed by atoms with Crippen LogP contribution in [0.2, 0.25) is 5.02 Å². The van der Waals surface area contributed by atoms with E-state index in [1.165, 1.54) is 14.2 Å². The quantitative estimate of drug-likeness (QED) is 0.529. The third-order valence-corrected chi connectivity index (χ3v) is 6.42. The fourth-order valence-corrected chi connectivity index (χ4v) is 4.31. The van der Waals surface area contributed by atoms with Crippen LogP contribution in [0.5, 0.6) is 0 Å². The molecular weight excluding hydrogens is 357 g/mol. The van der Waals surface area contributed by atoms with E-state index in [0.29, 0.717) is 5.02 Å². The van der Waals surface area contributed by atoms with Crippen LogP contribution in [0.15, 0.2) is 66.7 Å². The van der Waals surface area contributed by atoms with E-state index in [-0.39, 0.29) is 0 Å². The summed E-state index contributed by atoms with van der Waals surface area (Å²) in [4.78, 5) is 0. The van der Waals surface area contributed by atoms with E-state index in [9.17, 15) is 4.57 Å². The van der Waals surface area contributed by atoms with Crippen molar-refractivity contribution < 1.29 is 13.6 Å². The normalized spacial score (nSPS) is 12.9. The Labute approximate surface area is 152 Å². The Balaban J connectivity index is 2.08. The molecule has 0 aliphatic heterocycles. The van der Waals surface area contributed by atoms with Gasteiger partial charge in [0.15, 0.2) is 5.78 Å². The number of benzene rings is 3. The molecule has 0 fully saturated rings. The number of fused-ring (bicyclic) bond motifs is 1. The Hall–Kier alpha value is -1.84. The van der Waals surface area contributed by atoms with Gasteiger partial charge >= 0.3 is 7.60 Å². The Morgan fingerprint density at radius 3 is 2.24 bits per heavy atom. The van der Waals surface area contributed by atoms with Gasteiger partial charge in [0, 0.05) is 30.3 Å². The van der Waals surface area contributed by atoms with Gasteiger partial charge in [-0.2, -0.15) is 0 Å². The number of hydrogen-bond acceptors (Lipinski definition) is 4. The molecular formula is C19H19ClNO3P. The first-order valence-electron chi connectivity index (χ1n) is 7.78. The van der Waals surface area contributed by atoms with Crippen molar-refractivity contribution in [1.29, 1.82) is 0 Å². The second kappa shape index (κ2) is 7.59. The molecule has 0 aromatic heterocycles. The third-order valence-electron chi connectivity index (χ3n) is 4.09. The molecule has 1 N–H and O–H groups in total. The van der Waals surface area contributed by atoms with Crippen LogP contribution in [0.3, 0.4) is 0 Å². The standard InChI is InChI=1S/C19H19ClNO3P/c1-23-25(22,24-2)19(15-10-12-16(20)13-11-15)21-18-9-5-7-14-6-3-4-8-17(14)18/h3-13,19,21H,1-2H3/t19-/m1/s1. The molecule has 3 aromatic rings.